The van der Waals surface area contributed by atoms with Gasteiger partial charge < -0.3 is 29.5 Å². The molecule has 0 saturated heterocycles. The number of benzene rings is 4. The van der Waals surface area contributed by atoms with Crippen molar-refractivity contribution in [2.45, 2.75) is 58.0 Å². The number of ether oxygens (including phenoxy) is 3. The Hall–Kier alpha value is -5.52. The third kappa shape index (κ3) is 8.02. The van der Waals surface area contributed by atoms with Gasteiger partial charge in [-0.2, -0.15) is 5.10 Å². The molecule has 11 nitrogen and oxygen atoms in total. The number of hydrogen-bond acceptors (Lipinski definition) is 7. The molecule has 54 heavy (non-hydrogen) atoms. The number of hydrogen-bond donors (Lipinski definition) is 2. The number of nitrogens with zero attached hydrogens (tertiary/aromatic N) is 3. The van der Waals surface area contributed by atoms with E-state index in [1.165, 1.54) is 9.58 Å². The highest BCUT2D eigenvalue weighted by atomic mass is 35.5. The molecule has 0 fully saturated rings. The molecular formula is C41H38Cl2N4O7. The second-order valence-corrected chi connectivity index (χ2v) is 14.4. The summed E-state index contributed by atoms with van der Waals surface area (Å²) in [6.07, 6.45) is -0.170. The molecule has 2 aliphatic heterocycles. The molecule has 1 aromatic heterocycles. The van der Waals surface area contributed by atoms with Gasteiger partial charge in [0.05, 0.1) is 15.7 Å². The third-order valence-corrected chi connectivity index (χ3v) is 10.4. The van der Waals surface area contributed by atoms with E-state index in [1.807, 2.05) is 73.7 Å². The van der Waals surface area contributed by atoms with Crippen molar-refractivity contribution in [3.05, 3.63) is 140 Å². The van der Waals surface area contributed by atoms with Crippen LogP contribution in [0.4, 0.5) is 0 Å². The number of aryl methyl sites for hydroxylation is 3. The van der Waals surface area contributed by atoms with E-state index in [1.54, 1.807) is 32.2 Å². The fourth-order valence-electron chi connectivity index (χ4n) is 6.72. The van der Waals surface area contributed by atoms with Crippen LogP contribution >= 0.6 is 23.2 Å². The normalized spacial score (nSPS) is 16.6. The Labute approximate surface area is 322 Å². The van der Waals surface area contributed by atoms with Gasteiger partial charge in [0.2, 0.25) is 5.91 Å². The van der Waals surface area contributed by atoms with Crippen molar-refractivity contribution in [1.29, 1.82) is 0 Å². The van der Waals surface area contributed by atoms with E-state index in [-0.39, 0.29) is 26.0 Å². The summed E-state index contributed by atoms with van der Waals surface area (Å²) in [5.41, 5.74) is 6.14. The van der Waals surface area contributed by atoms with Gasteiger partial charge in [0.25, 0.3) is 5.91 Å². The van der Waals surface area contributed by atoms with E-state index in [9.17, 15) is 19.5 Å². The van der Waals surface area contributed by atoms with E-state index in [2.05, 4.69) is 10.4 Å². The number of carbonyl (C=O) groups is 3. The molecule has 0 spiro atoms. The topological polar surface area (TPSA) is 132 Å². The molecule has 0 aliphatic carbocycles. The SMILES string of the molecule is Cc1ccc(CC(NC(=O)C2Cc3cc4c(cc3CN2C(=O)c2cc(C)nn2C)OC(c2ccc(OCc3ccc(Cl)c(Cl)c3)cc2)CO4)C(=O)O)cc1. The van der Waals surface area contributed by atoms with Crippen LogP contribution < -0.4 is 19.5 Å². The quantitative estimate of drug-likeness (QED) is 0.158. The first kappa shape index (κ1) is 36.8. The Kier molecular flexibility index (Phi) is 10.5. The van der Waals surface area contributed by atoms with Gasteiger partial charge in [0.15, 0.2) is 17.6 Å². The molecule has 7 rings (SSSR count). The minimum absolute atomic E-state index is 0.0817. The maximum absolute atomic E-state index is 14.1. The first-order valence-corrected chi connectivity index (χ1v) is 18.2. The van der Waals surface area contributed by atoms with Crippen LogP contribution in [0.25, 0.3) is 0 Å². The Balaban J connectivity index is 1.09. The standard InChI is InChI=1S/C41H38Cl2N4O7/c1-23-4-6-25(7-5-23)16-33(41(50)51)44-39(48)34-17-28-18-36-37(19-29(28)20-47(34)40(49)35-14-24(2)45-46(35)3)54-38(22-53-36)27-9-11-30(12-10-27)52-21-26-8-13-31(42)32(43)15-26/h4-15,18-19,33-34,38H,16-17,20-22H2,1-3H3,(H,44,48)(H,50,51). The molecule has 0 saturated carbocycles. The highest BCUT2D eigenvalue weighted by Crippen LogP contribution is 2.41. The molecule has 5 aromatic rings. The summed E-state index contributed by atoms with van der Waals surface area (Å²) >= 11 is 12.2. The number of fused-ring (bicyclic) bond motifs is 2. The Morgan fingerprint density at radius 3 is 2.33 bits per heavy atom. The van der Waals surface area contributed by atoms with Gasteiger partial charge >= 0.3 is 5.97 Å². The van der Waals surface area contributed by atoms with Crippen molar-refractivity contribution >= 4 is 41.0 Å². The van der Waals surface area contributed by atoms with Crippen LogP contribution in [0.5, 0.6) is 17.2 Å². The fraction of sp³-hybridized carbons (Fsp3) is 0.268. The number of carboxylic acid groups (broad SMARTS) is 1. The molecule has 0 bridgehead atoms. The summed E-state index contributed by atoms with van der Waals surface area (Å²) < 4.78 is 20.1. The Morgan fingerprint density at radius 2 is 1.65 bits per heavy atom. The second-order valence-electron chi connectivity index (χ2n) is 13.6. The van der Waals surface area contributed by atoms with E-state index in [4.69, 9.17) is 37.4 Å². The zero-order valence-electron chi connectivity index (χ0n) is 29.8. The predicted molar refractivity (Wildman–Crippen MR) is 202 cm³/mol. The van der Waals surface area contributed by atoms with Crippen LogP contribution in [0.2, 0.25) is 10.0 Å². The number of aromatic nitrogens is 2. The molecule has 3 heterocycles. The maximum atomic E-state index is 14.1. The third-order valence-electron chi connectivity index (χ3n) is 9.66. The molecular weight excluding hydrogens is 731 g/mol. The van der Waals surface area contributed by atoms with Gasteiger partial charge in [0.1, 0.15) is 36.7 Å². The van der Waals surface area contributed by atoms with Crippen molar-refractivity contribution in [1.82, 2.24) is 20.0 Å². The molecule has 2 aliphatic rings. The minimum atomic E-state index is -1.20. The van der Waals surface area contributed by atoms with E-state index in [0.717, 1.165) is 33.4 Å². The van der Waals surface area contributed by atoms with Crippen molar-refractivity contribution < 1.29 is 33.7 Å². The average Bonchev–Trinajstić information content (AvgIpc) is 3.51. The van der Waals surface area contributed by atoms with Gasteiger partial charge in [-0.05, 0) is 84.1 Å². The summed E-state index contributed by atoms with van der Waals surface area (Å²) in [6.45, 7) is 4.39. The first-order chi connectivity index (χ1) is 25.9. The zero-order chi connectivity index (χ0) is 38.1. The van der Waals surface area contributed by atoms with Crippen LogP contribution in [-0.2, 0) is 42.6 Å². The lowest BCUT2D eigenvalue weighted by molar-refractivity contribution is -0.142. The number of amides is 2. The van der Waals surface area contributed by atoms with Crippen molar-refractivity contribution in [2.24, 2.45) is 7.05 Å². The number of nitrogens with one attached hydrogen (secondary N) is 1. The monoisotopic (exact) mass is 768 g/mol. The summed E-state index contributed by atoms with van der Waals surface area (Å²) in [5.74, 6) is -0.417. The molecule has 278 valence electrons. The molecule has 3 atom stereocenters. The molecule has 4 aromatic carbocycles. The van der Waals surface area contributed by atoms with Crippen LogP contribution in [0.3, 0.4) is 0 Å². The molecule has 3 unspecified atom stereocenters. The van der Waals surface area contributed by atoms with Gasteiger partial charge in [-0.15, -0.1) is 0 Å². The van der Waals surface area contributed by atoms with Gasteiger partial charge in [-0.3, -0.25) is 14.3 Å². The lowest BCUT2D eigenvalue weighted by atomic mass is 9.91. The fourth-order valence-corrected chi connectivity index (χ4v) is 7.04. The number of halogens is 2. The lowest BCUT2D eigenvalue weighted by Gasteiger charge is -2.37. The maximum Gasteiger partial charge on any atom is 0.326 e. The average molecular weight is 770 g/mol. The first-order valence-electron chi connectivity index (χ1n) is 17.4. The van der Waals surface area contributed by atoms with E-state index >= 15 is 0 Å². The predicted octanol–water partition coefficient (Wildman–Crippen LogP) is 6.81. The summed E-state index contributed by atoms with van der Waals surface area (Å²) in [4.78, 5) is 41.9. The van der Waals surface area contributed by atoms with Gasteiger partial charge in [0, 0.05) is 26.4 Å². The number of carbonyl (C=O) groups excluding carboxylic acids is 2. The van der Waals surface area contributed by atoms with Crippen LogP contribution in [0.1, 0.15) is 55.7 Å². The lowest BCUT2D eigenvalue weighted by Crippen LogP contribution is -2.56. The molecule has 0 radical (unpaired) electrons. The number of aliphatic carboxylic acids is 1. The number of carboxylic acids is 1. The van der Waals surface area contributed by atoms with Crippen molar-refractivity contribution in [3.8, 4) is 17.2 Å². The summed E-state index contributed by atoms with van der Waals surface area (Å²) in [5, 5.41) is 18.1. The Bertz CT molecular complexity index is 2220. The molecule has 2 amide bonds. The highest BCUT2D eigenvalue weighted by molar-refractivity contribution is 6.42. The van der Waals surface area contributed by atoms with Crippen LogP contribution in [0, 0.1) is 13.8 Å². The number of rotatable bonds is 10. The summed E-state index contributed by atoms with van der Waals surface area (Å²) in [7, 11) is 1.67. The van der Waals surface area contributed by atoms with Gasteiger partial charge in [-0.25, -0.2) is 4.79 Å². The van der Waals surface area contributed by atoms with Crippen molar-refractivity contribution in [3.63, 3.8) is 0 Å². The van der Waals surface area contributed by atoms with E-state index < -0.39 is 36.0 Å². The Morgan fingerprint density at radius 1 is 0.926 bits per heavy atom. The van der Waals surface area contributed by atoms with Crippen LogP contribution in [-0.4, -0.2) is 56.3 Å². The van der Waals surface area contributed by atoms with E-state index in [0.29, 0.717) is 45.3 Å². The largest absolute Gasteiger partial charge is 0.489 e. The van der Waals surface area contributed by atoms with Crippen molar-refractivity contribution in [2.75, 3.05) is 6.61 Å². The molecule has 2 N–H and O–H groups in total. The molecule has 13 heteroatoms. The smallest absolute Gasteiger partial charge is 0.326 e. The highest BCUT2D eigenvalue weighted by Gasteiger charge is 2.39. The zero-order valence-corrected chi connectivity index (χ0v) is 31.4. The van der Waals surface area contributed by atoms with Gasteiger partial charge in [-0.1, -0.05) is 71.2 Å². The van der Waals surface area contributed by atoms with Crippen LogP contribution in [0.15, 0.2) is 84.9 Å². The second kappa shape index (κ2) is 15.5. The minimum Gasteiger partial charge on any atom is -0.489 e. The summed E-state index contributed by atoms with van der Waals surface area (Å²) in [6, 6.07) is 23.6.